The first-order valence-electron chi connectivity index (χ1n) is 12.7. The van der Waals surface area contributed by atoms with Gasteiger partial charge >= 0.3 is 5.97 Å². The van der Waals surface area contributed by atoms with Crippen LogP contribution in [0.4, 0.5) is 0 Å². The fraction of sp³-hybridized carbons (Fsp3) is 0.875. The molecule has 0 bridgehead atoms. The summed E-state index contributed by atoms with van der Waals surface area (Å²) in [4.78, 5) is 23.4. The van der Waals surface area contributed by atoms with Crippen LogP contribution in [0.5, 0.6) is 0 Å². The summed E-state index contributed by atoms with van der Waals surface area (Å²) in [6.07, 6.45) is 17.2. The fourth-order valence-electron chi connectivity index (χ4n) is 3.15. The molecule has 0 heterocycles. The minimum absolute atomic E-state index is 0.183. The Morgan fingerprint density at radius 1 is 0.853 bits per heavy atom. The third kappa shape index (κ3) is 21.7. The molecule has 0 spiro atoms. The quantitative estimate of drug-likeness (QED) is 0.0765. The Morgan fingerprint density at radius 2 is 1.38 bits per heavy atom. The molecule has 0 fully saturated rings. The number of hydrogen-bond donors (Lipinski definition) is 3. The Labute approximate surface area is 205 Å². The van der Waals surface area contributed by atoms with Gasteiger partial charge in [-0.1, -0.05) is 70.4 Å². The third-order valence-corrected chi connectivity index (χ3v) is 6.13. The van der Waals surface area contributed by atoms with E-state index in [4.69, 9.17) is 14.9 Å². The predicted molar refractivity (Wildman–Crippen MR) is 129 cm³/mol. The molecular weight excluding hydrogens is 463 g/mol. The Hall–Kier alpha value is -0.800. The molecule has 0 rings (SSSR count). The molecule has 202 valence electrons. The molecule has 9 nitrogen and oxygen atoms in total. The highest BCUT2D eigenvalue weighted by Gasteiger charge is 2.19. The summed E-state index contributed by atoms with van der Waals surface area (Å²) in [6, 6.07) is 0. The van der Waals surface area contributed by atoms with Gasteiger partial charge in [-0.25, -0.2) is 0 Å². The zero-order chi connectivity index (χ0) is 25.5. The van der Waals surface area contributed by atoms with Gasteiger partial charge in [-0.05, 0) is 32.1 Å². The van der Waals surface area contributed by atoms with E-state index in [-0.39, 0.29) is 6.42 Å². The summed E-state index contributed by atoms with van der Waals surface area (Å²) in [6.45, 7) is -0.276. The molecule has 34 heavy (non-hydrogen) atoms. The molecule has 0 aliphatic heterocycles. The summed E-state index contributed by atoms with van der Waals surface area (Å²) in [5.41, 5.74) is 0. The van der Waals surface area contributed by atoms with Crippen LogP contribution in [0.15, 0.2) is 12.2 Å². The highest BCUT2D eigenvalue weighted by atomic mass is 31.2. The number of phosphoric ester groups is 1. The topological polar surface area (TPSA) is 146 Å². The molecule has 0 aliphatic carbocycles. The lowest BCUT2D eigenvalue weighted by Gasteiger charge is -2.25. The van der Waals surface area contributed by atoms with Gasteiger partial charge in [0.05, 0.1) is 26.4 Å². The highest BCUT2D eigenvalue weighted by Crippen LogP contribution is 2.38. The number of aliphatic hydroxyl groups excluding tert-OH is 3. The number of aliphatic hydroxyl groups is 3. The number of phosphoric acid groups is 1. The van der Waals surface area contributed by atoms with Crippen LogP contribution in [0.2, 0.25) is 0 Å². The predicted octanol–water partition coefficient (Wildman–Crippen LogP) is 3.78. The number of carbonyl (C=O) groups is 1. The van der Waals surface area contributed by atoms with Crippen molar-refractivity contribution in [3.63, 3.8) is 0 Å². The molecule has 0 aromatic rings. The number of ether oxygens (including phenoxy) is 1. The summed E-state index contributed by atoms with van der Waals surface area (Å²) in [7, 11) is -4.75. The number of carbonyl (C=O) groups excluding carboxylic acids is 1. The van der Waals surface area contributed by atoms with Crippen molar-refractivity contribution in [2.75, 3.05) is 26.4 Å². The average Bonchev–Trinajstić information content (AvgIpc) is 2.82. The first kappa shape index (κ1) is 33.2. The summed E-state index contributed by atoms with van der Waals surface area (Å²) in [5.74, 6) is -0.530. The van der Waals surface area contributed by atoms with Crippen LogP contribution in [0.3, 0.4) is 0 Å². The van der Waals surface area contributed by atoms with Gasteiger partial charge in [0.1, 0.15) is 12.2 Å². The lowest BCUT2D eigenvalue weighted by molar-refractivity contribution is -0.230. The van der Waals surface area contributed by atoms with E-state index in [0.717, 1.165) is 32.1 Å². The lowest BCUT2D eigenvalue weighted by atomic mass is 10.1. The van der Waals surface area contributed by atoms with Crippen molar-refractivity contribution >= 4 is 13.8 Å². The zero-order valence-electron chi connectivity index (χ0n) is 20.8. The van der Waals surface area contributed by atoms with Gasteiger partial charge in [-0.2, -0.15) is 0 Å². The first-order valence-corrected chi connectivity index (χ1v) is 14.1. The number of allylic oxidation sites excluding steroid dienone is 2. The van der Waals surface area contributed by atoms with Crippen molar-refractivity contribution in [3.05, 3.63) is 12.2 Å². The molecule has 3 N–H and O–H groups in total. The Bertz CT molecular complexity index is 557. The molecular formula is C24H46O9P-. The molecule has 10 heteroatoms. The van der Waals surface area contributed by atoms with Crippen LogP contribution in [-0.2, 0) is 23.1 Å². The van der Waals surface area contributed by atoms with Gasteiger partial charge in [-0.3, -0.25) is 9.36 Å². The first-order chi connectivity index (χ1) is 16.3. The Balaban J connectivity index is 3.72. The van der Waals surface area contributed by atoms with E-state index in [1.807, 2.05) is 0 Å². The average molecular weight is 510 g/mol. The van der Waals surface area contributed by atoms with Crippen LogP contribution in [0.25, 0.3) is 0 Å². The second-order valence-corrected chi connectivity index (χ2v) is 9.91. The minimum atomic E-state index is -4.75. The molecule has 0 amide bonds. The van der Waals surface area contributed by atoms with Crippen molar-refractivity contribution in [1.29, 1.82) is 0 Å². The van der Waals surface area contributed by atoms with Crippen LogP contribution < -0.4 is 4.89 Å². The summed E-state index contributed by atoms with van der Waals surface area (Å²) in [5, 5.41) is 27.0. The monoisotopic (exact) mass is 509 g/mol. The van der Waals surface area contributed by atoms with Crippen molar-refractivity contribution in [3.8, 4) is 0 Å². The van der Waals surface area contributed by atoms with E-state index in [1.165, 1.54) is 44.9 Å². The fourth-order valence-corrected chi connectivity index (χ4v) is 3.93. The highest BCUT2D eigenvalue weighted by molar-refractivity contribution is 7.45. The maximum absolute atomic E-state index is 11.9. The van der Waals surface area contributed by atoms with Gasteiger partial charge in [0.2, 0.25) is 0 Å². The Kier molecular flexibility index (Phi) is 22.1. The number of rotatable bonds is 24. The smallest absolute Gasteiger partial charge is 0.306 e. The Morgan fingerprint density at radius 3 is 1.94 bits per heavy atom. The van der Waals surface area contributed by atoms with E-state index >= 15 is 0 Å². The van der Waals surface area contributed by atoms with Gasteiger partial charge in [0.25, 0.3) is 7.82 Å². The zero-order valence-corrected chi connectivity index (χ0v) is 21.7. The number of esters is 1. The van der Waals surface area contributed by atoms with Crippen molar-refractivity contribution in [1.82, 2.24) is 0 Å². The third-order valence-electron chi connectivity index (χ3n) is 5.20. The molecule has 0 saturated carbocycles. The van der Waals surface area contributed by atoms with Crippen molar-refractivity contribution < 1.29 is 43.4 Å². The molecule has 0 aromatic carbocycles. The maximum Gasteiger partial charge on any atom is 0.306 e. The van der Waals surface area contributed by atoms with Crippen LogP contribution in [0.1, 0.15) is 96.8 Å². The summed E-state index contributed by atoms with van der Waals surface area (Å²) >= 11 is 0. The second-order valence-electron chi connectivity index (χ2n) is 8.50. The molecule has 0 aromatic heterocycles. The minimum Gasteiger partial charge on any atom is -0.756 e. The summed E-state index contributed by atoms with van der Waals surface area (Å²) < 4.78 is 25.5. The largest absolute Gasteiger partial charge is 0.756 e. The van der Waals surface area contributed by atoms with E-state index < -0.39 is 52.4 Å². The van der Waals surface area contributed by atoms with Crippen LogP contribution in [0, 0.1) is 0 Å². The van der Waals surface area contributed by atoms with Crippen LogP contribution in [-0.4, -0.2) is 59.9 Å². The van der Waals surface area contributed by atoms with E-state index in [0.29, 0.717) is 6.42 Å². The SMILES string of the molecule is CCCCCCCC/C=C\CCCCCCCC(=O)O[C@H](CO)COP(=O)([O-])OC[C@@H](O)CO. The van der Waals surface area contributed by atoms with Gasteiger partial charge in [0.15, 0.2) is 0 Å². The number of hydrogen-bond acceptors (Lipinski definition) is 9. The van der Waals surface area contributed by atoms with Crippen molar-refractivity contribution in [2.45, 2.75) is 109 Å². The molecule has 0 aliphatic rings. The number of unbranched alkanes of at least 4 members (excludes halogenated alkanes) is 11. The van der Waals surface area contributed by atoms with Crippen LogP contribution >= 0.6 is 7.82 Å². The standard InChI is InChI=1S/C24H47O9P/c1-2-3-4-5-6-7-8-9-10-11-12-13-14-15-16-17-24(28)33-23(19-26)21-32-34(29,30)31-20-22(27)18-25/h9-10,22-23,25-27H,2-8,11-21H2,1H3,(H,29,30)/p-1/b10-9-/t22-,23+/m0/s1. The lowest BCUT2D eigenvalue weighted by Crippen LogP contribution is -2.28. The molecule has 3 atom stereocenters. The molecule has 0 saturated heterocycles. The van der Waals surface area contributed by atoms with Crippen molar-refractivity contribution in [2.24, 2.45) is 0 Å². The maximum atomic E-state index is 11.9. The van der Waals surface area contributed by atoms with Gasteiger partial charge in [-0.15, -0.1) is 0 Å². The second kappa shape index (κ2) is 22.7. The van der Waals surface area contributed by atoms with E-state index in [2.05, 4.69) is 28.1 Å². The van der Waals surface area contributed by atoms with Gasteiger partial charge < -0.3 is 34.0 Å². The van der Waals surface area contributed by atoms with E-state index in [1.54, 1.807) is 0 Å². The normalized spacial score (nSPS) is 15.3. The van der Waals surface area contributed by atoms with E-state index in [9.17, 15) is 19.4 Å². The molecule has 1 unspecified atom stereocenters. The molecule has 0 radical (unpaired) electrons. The van der Waals surface area contributed by atoms with Gasteiger partial charge in [0, 0.05) is 6.42 Å².